The number of hydrogen-bond acceptors (Lipinski definition) is 5. The first-order valence-electron chi connectivity index (χ1n) is 8.19. The Morgan fingerprint density at radius 1 is 1.15 bits per heavy atom. The summed E-state index contributed by atoms with van der Waals surface area (Å²) >= 11 is 4.78. The summed E-state index contributed by atoms with van der Waals surface area (Å²) in [5.41, 5.74) is 3.92. The molecule has 1 amide bonds. The van der Waals surface area contributed by atoms with Crippen molar-refractivity contribution < 1.29 is 14.3 Å². The molecule has 0 aliphatic carbocycles. The summed E-state index contributed by atoms with van der Waals surface area (Å²) < 4.78 is 11.4. The molecule has 1 aliphatic rings. The van der Waals surface area contributed by atoms with Gasteiger partial charge in [0, 0.05) is 0 Å². The van der Waals surface area contributed by atoms with Gasteiger partial charge in [0.2, 0.25) is 0 Å². The zero-order chi connectivity index (χ0) is 19.6. The maximum absolute atomic E-state index is 12.3. The van der Waals surface area contributed by atoms with Crippen molar-refractivity contribution in [3.63, 3.8) is 0 Å². The van der Waals surface area contributed by atoms with E-state index in [1.54, 1.807) is 20.3 Å². The van der Waals surface area contributed by atoms with Gasteiger partial charge in [-0.15, -0.1) is 0 Å². The number of thioether (sulfide) groups is 1. The number of amidine groups is 1. The van der Waals surface area contributed by atoms with Crippen LogP contribution in [0.1, 0.15) is 16.7 Å². The minimum absolute atomic E-state index is 0.172. The number of aryl methyl sites for hydroxylation is 2. The van der Waals surface area contributed by atoms with Crippen LogP contribution in [-0.2, 0) is 4.79 Å². The number of nitrogens with one attached hydrogen (secondary N) is 1. The van der Waals surface area contributed by atoms with Gasteiger partial charge >= 0.3 is 0 Å². The third-order valence-electron chi connectivity index (χ3n) is 3.98. The van der Waals surface area contributed by atoms with Gasteiger partial charge in [-0.25, -0.2) is 4.99 Å². The fraction of sp³-hybridized carbons (Fsp3) is 0.200. The van der Waals surface area contributed by atoms with E-state index in [-0.39, 0.29) is 5.91 Å². The molecule has 1 aliphatic heterocycles. The second-order valence-corrected chi connectivity index (χ2v) is 7.89. The van der Waals surface area contributed by atoms with Crippen LogP contribution in [0.15, 0.2) is 44.7 Å². The lowest BCUT2D eigenvalue weighted by molar-refractivity contribution is -0.115. The summed E-state index contributed by atoms with van der Waals surface area (Å²) in [7, 11) is 3.16. The van der Waals surface area contributed by atoms with E-state index < -0.39 is 0 Å². The van der Waals surface area contributed by atoms with Crippen molar-refractivity contribution in [2.45, 2.75) is 13.8 Å². The largest absolute Gasteiger partial charge is 0.493 e. The summed E-state index contributed by atoms with van der Waals surface area (Å²) in [5, 5.41) is 3.39. The molecule has 2 aromatic rings. The molecule has 1 fully saturated rings. The van der Waals surface area contributed by atoms with Crippen molar-refractivity contribution in [3.8, 4) is 11.5 Å². The highest BCUT2D eigenvalue weighted by Crippen LogP contribution is 2.38. The molecule has 7 heteroatoms. The summed E-state index contributed by atoms with van der Waals surface area (Å²) in [6, 6.07) is 9.73. The van der Waals surface area contributed by atoms with Crippen molar-refractivity contribution in [1.29, 1.82) is 0 Å². The Labute approximate surface area is 171 Å². The standard InChI is InChI=1S/C20H19BrN2O3S/c1-11-5-6-15(12(2)7-11)22-20-23-19(24)17(27-20)10-13-8-14(21)18(26-4)16(9-13)25-3/h5-10H,1-4H3,(H,22,23,24)/b17-10+. The predicted octanol–water partition coefficient (Wildman–Crippen LogP) is 4.97. The van der Waals surface area contributed by atoms with Crippen molar-refractivity contribution in [3.05, 3.63) is 56.4 Å². The number of carbonyl (C=O) groups excluding carboxylic acids is 1. The van der Waals surface area contributed by atoms with Gasteiger partial charge in [0.15, 0.2) is 16.7 Å². The number of rotatable bonds is 4. The number of aliphatic imine (C=N–C) groups is 1. The topological polar surface area (TPSA) is 59.9 Å². The molecule has 0 saturated carbocycles. The van der Waals surface area contributed by atoms with Gasteiger partial charge < -0.3 is 14.8 Å². The highest BCUT2D eigenvalue weighted by atomic mass is 79.9. The van der Waals surface area contributed by atoms with E-state index in [0.717, 1.165) is 21.3 Å². The van der Waals surface area contributed by atoms with Crippen LogP contribution in [0, 0.1) is 13.8 Å². The first-order chi connectivity index (χ1) is 12.9. The molecule has 1 heterocycles. The van der Waals surface area contributed by atoms with E-state index in [1.807, 2.05) is 38.1 Å². The molecular weight excluding hydrogens is 428 g/mol. The Hall–Kier alpha value is -2.25. The number of nitrogens with zero attached hydrogens (tertiary/aromatic N) is 1. The number of methoxy groups -OCH3 is 2. The van der Waals surface area contributed by atoms with Crippen LogP contribution < -0.4 is 14.8 Å². The van der Waals surface area contributed by atoms with Crippen LogP contribution in [0.2, 0.25) is 0 Å². The molecule has 3 rings (SSSR count). The molecule has 5 nitrogen and oxygen atoms in total. The average Bonchev–Trinajstić information content (AvgIpc) is 2.96. The Balaban J connectivity index is 1.89. The van der Waals surface area contributed by atoms with E-state index in [4.69, 9.17) is 9.47 Å². The van der Waals surface area contributed by atoms with Crippen LogP contribution in [0.4, 0.5) is 5.69 Å². The van der Waals surface area contributed by atoms with Crippen LogP contribution in [0.25, 0.3) is 6.08 Å². The van der Waals surface area contributed by atoms with Crippen molar-refractivity contribution in [1.82, 2.24) is 5.32 Å². The molecule has 2 aromatic carbocycles. The van der Waals surface area contributed by atoms with Gasteiger partial charge in [0.1, 0.15) is 0 Å². The highest BCUT2D eigenvalue weighted by molar-refractivity contribution is 9.10. The van der Waals surface area contributed by atoms with Gasteiger partial charge in [-0.3, -0.25) is 4.79 Å². The SMILES string of the molecule is COc1cc(/C=C2/SC(=Nc3ccc(C)cc3C)NC2=O)cc(Br)c1OC. The van der Waals surface area contributed by atoms with Gasteiger partial charge in [-0.05, 0) is 76.9 Å². The smallest absolute Gasteiger partial charge is 0.264 e. The quantitative estimate of drug-likeness (QED) is 0.673. The highest BCUT2D eigenvalue weighted by Gasteiger charge is 2.24. The minimum atomic E-state index is -0.172. The number of carbonyl (C=O) groups is 1. The molecule has 1 N–H and O–H groups in total. The summed E-state index contributed by atoms with van der Waals surface area (Å²) in [6.45, 7) is 4.05. The molecule has 0 bridgehead atoms. The molecular formula is C20H19BrN2O3S. The number of hydrogen-bond donors (Lipinski definition) is 1. The molecule has 27 heavy (non-hydrogen) atoms. The third kappa shape index (κ3) is 4.36. The summed E-state index contributed by atoms with van der Waals surface area (Å²) in [5.74, 6) is 1.03. The van der Waals surface area contributed by atoms with Crippen LogP contribution >= 0.6 is 27.7 Å². The van der Waals surface area contributed by atoms with Crippen LogP contribution in [0.3, 0.4) is 0 Å². The predicted molar refractivity (Wildman–Crippen MR) is 114 cm³/mol. The molecule has 0 spiro atoms. The monoisotopic (exact) mass is 446 g/mol. The normalized spacial score (nSPS) is 16.7. The van der Waals surface area contributed by atoms with E-state index in [0.29, 0.717) is 21.6 Å². The lowest BCUT2D eigenvalue weighted by atomic mass is 10.1. The molecule has 0 atom stereocenters. The first kappa shape index (κ1) is 19.5. The Kier molecular flexibility index (Phi) is 5.92. The Morgan fingerprint density at radius 2 is 1.93 bits per heavy atom. The van der Waals surface area contributed by atoms with E-state index in [9.17, 15) is 4.79 Å². The second-order valence-electron chi connectivity index (χ2n) is 6.01. The van der Waals surface area contributed by atoms with Crippen molar-refractivity contribution in [2.75, 3.05) is 14.2 Å². The third-order valence-corrected chi connectivity index (χ3v) is 5.48. The second kappa shape index (κ2) is 8.19. The molecule has 0 unspecified atom stereocenters. The fourth-order valence-electron chi connectivity index (χ4n) is 2.69. The average molecular weight is 447 g/mol. The first-order valence-corrected chi connectivity index (χ1v) is 9.80. The fourth-order valence-corrected chi connectivity index (χ4v) is 4.15. The molecule has 140 valence electrons. The summed E-state index contributed by atoms with van der Waals surface area (Å²) in [6.07, 6.45) is 1.80. The number of halogens is 1. The zero-order valence-electron chi connectivity index (χ0n) is 15.4. The molecule has 0 radical (unpaired) electrons. The zero-order valence-corrected chi connectivity index (χ0v) is 17.8. The lowest BCUT2D eigenvalue weighted by Crippen LogP contribution is -2.19. The van der Waals surface area contributed by atoms with Crippen molar-refractivity contribution >= 4 is 50.5 Å². The van der Waals surface area contributed by atoms with Gasteiger partial charge in [0.05, 0.1) is 29.3 Å². The van der Waals surface area contributed by atoms with Gasteiger partial charge in [-0.2, -0.15) is 0 Å². The molecule has 1 saturated heterocycles. The van der Waals surface area contributed by atoms with E-state index in [1.165, 1.54) is 17.3 Å². The van der Waals surface area contributed by atoms with Crippen LogP contribution in [-0.4, -0.2) is 25.3 Å². The number of amides is 1. The minimum Gasteiger partial charge on any atom is -0.493 e. The summed E-state index contributed by atoms with van der Waals surface area (Å²) in [4.78, 5) is 17.5. The maximum Gasteiger partial charge on any atom is 0.264 e. The van der Waals surface area contributed by atoms with Crippen molar-refractivity contribution in [2.24, 2.45) is 4.99 Å². The van der Waals surface area contributed by atoms with E-state index in [2.05, 4.69) is 32.3 Å². The Bertz CT molecular complexity index is 970. The van der Waals surface area contributed by atoms with Gasteiger partial charge in [0.25, 0.3) is 5.91 Å². The van der Waals surface area contributed by atoms with E-state index >= 15 is 0 Å². The van der Waals surface area contributed by atoms with Crippen LogP contribution in [0.5, 0.6) is 11.5 Å². The maximum atomic E-state index is 12.3. The molecule has 0 aromatic heterocycles. The number of benzene rings is 2. The Morgan fingerprint density at radius 3 is 2.59 bits per heavy atom. The van der Waals surface area contributed by atoms with Gasteiger partial charge in [-0.1, -0.05) is 17.7 Å². The number of ether oxygens (including phenoxy) is 2. The lowest BCUT2D eigenvalue weighted by Gasteiger charge is -2.10.